The van der Waals surface area contributed by atoms with Crippen molar-refractivity contribution in [3.8, 4) is 0 Å². The quantitative estimate of drug-likeness (QED) is 0.490. The Morgan fingerprint density at radius 2 is 1.83 bits per heavy atom. The van der Waals surface area contributed by atoms with Gasteiger partial charge in [-0.1, -0.05) is 23.8 Å². The lowest BCUT2D eigenvalue weighted by molar-refractivity contribution is -0.136. The molecule has 0 atom stereocenters. The molecule has 23 heavy (non-hydrogen) atoms. The van der Waals surface area contributed by atoms with Gasteiger partial charge in [-0.3, -0.25) is 9.59 Å². The third-order valence-electron chi connectivity index (χ3n) is 2.84. The number of anilines is 1. The van der Waals surface area contributed by atoms with Crippen molar-refractivity contribution in [3.63, 3.8) is 0 Å². The zero-order chi connectivity index (χ0) is 16.8. The van der Waals surface area contributed by atoms with Gasteiger partial charge in [-0.25, -0.2) is 9.82 Å². The first kappa shape index (κ1) is 16.8. The van der Waals surface area contributed by atoms with Crippen molar-refractivity contribution >= 4 is 39.6 Å². The molecule has 0 aliphatic heterocycles. The minimum absolute atomic E-state index is 0.282. The van der Waals surface area contributed by atoms with Crippen molar-refractivity contribution in [3.05, 3.63) is 63.9 Å². The van der Waals surface area contributed by atoms with Gasteiger partial charge in [0.05, 0.1) is 10.7 Å². The summed E-state index contributed by atoms with van der Waals surface area (Å²) in [5.41, 5.74) is 4.23. The summed E-state index contributed by atoms with van der Waals surface area (Å²) >= 11 is 3.04. The number of carbonyl (C=O) groups excluding carboxylic acids is 2. The molecule has 5 nitrogen and oxygen atoms in total. The monoisotopic (exact) mass is 377 g/mol. The number of nitrogens with one attached hydrogen (secondary N) is 2. The van der Waals surface area contributed by atoms with Crippen molar-refractivity contribution in [2.75, 3.05) is 5.32 Å². The summed E-state index contributed by atoms with van der Waals surface area (Å²) in [5.74, 6) is -2.13. The van der Waals surface area contributed by atoms with Crippen LogP contribution in [0.5, 0.6) is 0 Å². The predicted molar refractivity (Wildman–Crippen MR) is 89.6 cm³/mol. The summed E-state index contributed by atoms with van der Waals surface area (Å²) in [6.07, 6.45) is 1.31. The first-order valence-corrected chi connectivity index (χ1v) is 7.41. The number of hydrazone groups is 1. The van der Waals surface area contributed by atoms with E-state index in [0.29, 0.717) is 11.3 Å². The molecule has 2 amide bonds. The third kappa shape index (κ3) is 5.00. The molecule has 0 aliphatic carbocycles. The number of hydrogen-bond donors (Lipinski definition) is 2. The summed E-state index contributed by atoms with van der Waals surface area (Å²) in [7, 11) is 0. The van der Waals surface area contributed by atoms with Crippen LogP contribution < -0.4 is 10.7 Å². The normalized spacial score (nSPS) is 10.6. The van der Waals surface area contributed by atoms with E-state index in [0.717, 1.165) is 5.56 Å². The van der Waals surface area contributed by atoms with Gasteiger partial charge in [0.25, 0.3) is 0 Å². The van der Waals surface area contributed by atoms with Crippen LogP contribution >= 0.6 is 15.9 Å². The van der Waals surface area contributed by atoms with E-state index in [1.54, 1.807) is 12.1 Å². The maximum absolute atomic E-state index is 13.1. The van der Waals surface area contributed by atoms with Gasteiger partial charge in [-0.05, 0) is 52.7 Å². The smallest absolute Gasteiger partial charge is 0.318 e. The van der Waals surface area contributed by atoms with Gasteiger partial charge in [0.15, 0.2) is 0 Å². The van der Waals surface area contributed by atoms with Crippen LogP contribution in [0.2, 0.25) is 0 Å². The number of halogens is 2. The summed E-state index contributed by atoms with van der Waals surface area (Å²) in [4.78, 5) is 23.3. The SMILES string of the molecule is Cc1ccc(NC(=O)C(=O)N/N=C\c2ccc(F)c(Br)c2)cc1. The zero-order valence-electron chi connectivity index (χ0n) is 12.1. The molecule has 0 bridgehead atoms. The van der Waals surface area contributed by atoms with Crippen molar-refractivity contribution in [1.82, 2.24) is 5.43 Å². The van der Waals surface area contributed by atoms with Crippen LogP contribution in [-0.2, 0) is 9.59 Å². The highest BCUT2D eigenvalue weighted by molar-refractivity contribution is 9.10. The lowest BCUT2D eigenvalue weighted by atomic mass is 10.2. The molecular formula is C16H13BrFN3O2. The number of amides is 2. The second-order valence-electron chi connectivity index (χ2n) is 4.69. The molecule has 7 heteroatoms. The Morgan fingerprint density at radius 3 is 2.48 bits per heavy atom. The Kier molecular flexibility index (Phi) is 5.59. The van der Waals surface area contributed by atoms with E-state index < -0.39 is 17.6 Å². The van der Waals surface area contributed by atoms with E-state index in [-0.39, 0.29) is 4.47 Å². The molecule has 0 saturated heterocycles. The predicted octanol–water partition coefficient (Wildman–Crippen LogP) is 2.99. The van der Waals surface area contributed by atoms with Crippen LogP contribution in [0.3, 0.4) is 0 Å². The van der Waals surface area contributed by atoms with Crippen molar-refractivity contribution in [2.45, 2.75) is 6.92 Å². The average molecular weight is 378 g/mol. The number of aryl methyl sites for hydroxylation is 1. The lowest BCUT2D eigenvalue weighted by Gasteiger charge is -2.04. The highest BCUT2D eigenvalue weighted by atomic mass is 79.9. The lowest BCUT2D eigenvalue weighted by Crippen LogP contribution is -2.32. The fraction of sp³-hybridized carbons (Fsp3) is 0.0625. The molecule has 0 heterocycles. The highest BCUT2D eigenvalue weighted by Crippen LogP contribution is 2.15. The first-order valence-electron chi connectivity index (χ1n) is 6.62. The van der Waals surface area contributed by atoms with Crippen LogP contribution in [0.4, 0.5) is 10.1 Å². The molecular weight excluding hydrogens is 365 g/mol. The minimum atomic E-state index is -0.900. The molecule has 0 saturated carbocycles. The van der Waals surface area contributed by atoms with Gasteiger partial charge in [0.1, 0.15) is 5.82 Å². The molecule has 0 fully saturated rings. The molecule has 0 aliphatic rings. The average Bonchev–Trinajstić information content (AvgIpc) is 2.53. The standard InChI is InChI=1S/C16H13BrFN3O2/c1-10-2-5-12(6-3-10)20-15(22)16(23)21-19-9-11-4-7-14(18)13(17)8-11/h2-9H,1H3,(H,20,22)(H,21,23)/b19-9-. The van der Waals surface area contributed by atoms with Crippen LogP contribution in [0.15, 0.2) is 52.0 Å². The topological polar surface area (TPSA) is 70.6 Å². The molecule has 0 aromatic heterocycles. The fourth-order valence-corrected chi connectivity index (χ4v) is 2.03. The van der Waals surface area contributed by atoms with Gasteiger partial charge in [-0.2, -0.15) is 5.10 Å². The second-order valence-corrected chi connectivity index (χ2v) is 5.55. The molecule has 0 radical (unpaired) electrons. The molecule has 0 spiro atoms. The molecule has 2 N–H and O–H groups in total. The first-order chi connectivity index (χ1) is 11.0. The Labute approximate surface area is 140 Å². The van der Waals surface area contributed by atoms with Crippen molar-refractivity contribution in [2.24, 2.45) is 5.10 Å². The Balaban J connectivity index is 1.90. The van der Waals surface area contributed by atoms with Crippen LogP contribution in [-0.4, -0.2) is 18.0 Å². The summed E-state index contributed by atoms with van der Waals surface area (Å²) in [6.45, 7) is 1.92. The van der Waals surface area contributed by atoms with E-state index in [1.165, 1.54) is 24.4 Å². The number of benzene rings is 2. The van der Waals surface area contributed by atoms with E-state index >= 15 is 0 Å². The van der Waals surface area contributed by atoms with Gasteiger partial charge in [0, 0.05) is 5.69 Å². The van der Waals surface area contributed by atoms with Crippen LogP contribution in [0, 0.1) is 12.7 Å². The second kappa shape index (κ2) is 7.64. The number of nitrogens with zero attached hydrogens (tertiary/aromatic N) is 1. The van der Waals surface area contributed by atoms with Crippen LogP contribution in [0.1, 0.15) is 11.1 Å². The minimum Gasteiger partial charge on any atom is -0.318 e. The molecule has 0 unspecified atom stereocenters. The van der Waals surface area contributed by atoms with E-state index in [1.807, 2.05) is 19.1 Å². The fourth-order valence-electron chi connectivity index (χ4n) is 1.63. The van der Waals surface area contributed by atoms with Gasteiger partial charge in [-0.15, -0.1) is 0 Å². The number of carbonyl (C=O) groups is 2. The molecule has 2 rings (SSSR count). The van der Waals surface area contributed by atoms with E-state index in [4.69, 9.17) is 0 Å². The maximum atomic E-state index is 13.1. The Morgan fingerprint density at radius 1 is 1.13 bits per heavy atom. The summed E-state index contributed by atoms with van der Waals surface area (Å²) in [6, 6.07) is 11.3. The zero-order valence-corrected chi connectivity index (χ0v) is 13.7. The van der Waals surface area contributed by atoms with Crippen molar-refractivity contribution in [1.29, 1.82) is 0 Å². The number of hydrogen-bond acceptors (Lipinski definition) is 3. The Bertz CT molecular complexity index is 760. The van der Waals surface area contributed by atoms with Gasteiger partial charge < -0.3 is 5.32 Å². The summed E-state index contributed by atoms with van der Waals surface area (Å²) < 4.78 is 13.4. The molecule has 2 aromatic rings. The van der Waals surface area contributed by atoms with E-state index in [2.05, 4.69) is 31.8 Å². The van der Waals surface area contributed by atoms with Crippen molar-refractivity contribution < 1.29 is 14.0 Å². The number of rotatable bonds is 3. The Hall–Kier alpha value is -2.54. The van der Waals surface area contributed by atoms with Gasteiger partial charge in [0.2, 0.25) is 0 Å². The highest BCUT2D eigenvalue weighted by Gasteiger charge is 2.12. The molecule has 118 valence electrons. The van der Waals surface area contributed by atoms with Crippen LogP contribution in [0.25, 0.3) is 0 Å². The summed E-state index contributed by atoms with van der Waals surface area (Å²) in [5, 5.41) is 6.11. The van der Waals surface area contributed by atoms with E-state index in [9.17, 15) is 14.0 Å². The third-order valence-corrected chi connectivity index (χ3v) is 3.45. The molecule has 2 aromatic carbocycles. The maximum Gasteiger partial charge on any atom is 0.329 e. The largest absolute Gasteiger partial charge is 0.329 e. The van der Waals surface area contributed by atoms with Gasteiger partial charge >= 0.3 is 11.8 Å².